The highest BCUT2D eigenvalue weighted by atomic mass is 35.5. The van der Waals surface area contributed by atoms with Gasteiger partial charge in [0.25, 0.3) is 0 Å². The molecule has 0 radical (unpaired) electrons. The third-order valence-electron chi connectivity index (χ3n) is 4.92. The molecule has 114 valence electrons. The van der Waals surface area contributed by atoms with Gasteiger partial charge < -0.3 is 9.47 Å². The standard InChI is InChI=1S/C17H17ClN2O2/c1-10-2-4-13-12(8-10)17(22)11-3-5-14-16(11)20(13)7-6-19(14)15(21)9-18/h2,4,8,14H,3,5-7,9H2,1H3/t14-/m1/s1. The molecule has 0 saturated carbocycles. The monoisotopic (exact) mass is 316 g/mol. The van der Waals surface area contributed by atoms with Gasteiger partial charge in [0.2, 0.25) is 5.91 Å². The molecule has 1 aliphatic carbocycles. The van der Waals surface area contributed by atoms with Gasteiger partial charge in [-0.1, -0.05) is 11.6 Å². The van der Waals surface area contributed by atoms with Crippen molar-refractivity contribution in [2.45, 2.75) is 32.4 Å². The molecule has 0 fully saturated rings. The van der Waals surface area contributed by atoms with E-state index >= 15 is 0 Å². The molecule has 2 aliphatic rings. The van der Waals surface area contributed by atoms with Crippen molar-refractivity contribution in [2.24, 2.45) is 0 Å². The number of aromatic nitrogens is 1. The predicted molar refractivity (Wildman–Crippen MR) is 86.4 cm³/mol. The normalized spacial score (nSPS) is 19.5. The van der Waals surface area contributed by atoms with Gasteiger partial charge in [0.15, 0.2) is 5.43 Å². The lowest BCUT2D eigenvalue weighted by Crippen LogP contribution is -2.42. The highest BCUT2D eigenvalue weighted by Crippen LogP contribution is 2.38. The van der Waals surface area contributed by atoms with Crippen molar-refractivity contribution in [1.29, 1.82) is 0 Å². The Hall–Kier alpha value is -1.81. The summed E-state index contributed by atoms with van der Waals surface area (Å²) in [7, 11) is 0. The van der Waals surface area contributed by atoms with Crippen LogP contribution in [-0.4, -0.2) is 27.8 Å². The third kappa shape index (κ3) is 1.76. The first-order valence-corrected chi connectivity index (χ1v) is 8.16. The maximum absolute atomic E-state index is 12.8. The number of nitrogens with zero attached hydrogens (tertiary/aromatic N) is 2. The van der Waals surface area contributed by atoms with E-state index in [2.05, 4.69) is 4.57 Å². The minimum Gasteiger partial charge on any atom is -0.340 e. The zero-order chi connectivity index (χ0) is 15.4. The summed E-state index contributed by atoms with van der Waals surface area (Å²) in [5.41, 5.74) is 4.13. The lowest BCUT2D eigenvalue weighted by Gasteiger charge is -2.36. The van der Waals surface area contributed by atoms with Crippen LogP contribution >= 0.6 is 11.6 Å². The van der Waals surface area contributed by atoms with E-state index in [4.69, 9.17) is 11.6 Å². The topological polar surface area (TPSA) is 42.3 Å². The molecule has 1 aromatic heterocycles. The number of pyridine rings is 1. The van der Waals surface area contributed by atoms with E-state index < -0.39 is 0 Å². The molecule has 0 bridgehead atoms. The summed E-state index contributed by atoms with van der Waals surface area (Å²) in [6.45, 7) is 3.39. The fourth-order valence-electron chi connectivity index (χ4n) is 3.96. The average Bonchev–Trinajstić information content (AvgIpc) is 2.97. The second kappa shape index (κ2) is 4.85. The van der Waals surface area contributed by atoms with Gasteiger partial charge >= 0.3 is 0 Å². The number of hydrogen-bond donors (Lipinski definition) is 0. The summed E-state index contributed by atoms with van der Waals surface area (Å²) in [6.07, 6.45) is 1.57. The number of carbonyl (C=O) groups is 1. The molecule has 1 amide bonds. The van der Waals surface area contributed by atoms with Crippen LogP contribution in [0.3, 0.4) is 0 Å². The van der Waals surface area contributed by atoms with Gasteiger partial charge in [0.05, 0.1) is 11.6 Å². The van der Waals surface area contributed by atoms with E-state index in [0.717, 1.165) is 47.1 Å². The molecular weight excluding hydrogens is 300 g/mol. The molecule has 2 aromatic rings. The van der Waals surface area contributed by atoms with Crippen molar-refractivity contribution in [3.8, 4) is 0 Å². The number of amides is 1. The molecule has 4 rings (SSSR count). The van der Waals surface area contributed by atoms with Crippen LogP contribution in [0.15, 0.2) is 23.0 Å². The number of benzene rings is 1. The number of rotatable bonds is 1. The quantitative estimate of drug-likeness (QED) is 0.758. The van der Waals surface area contributed by atoms with Gasteiger partial charge in [-0.05, 0) is 31.9 Å². The first-order valence-electron chi connectivity index (χ1n) is 7.63. The highest BCUT2D eigenvalue weighted by molar-refractivity contribution is 6.27. The number of alkyl halides is 1. The maximum atomic E-state index is 12.8. The molecule has 2 heterocycles. The molecule has 1 atom stereocenters. The Balaban J connectivity index is 2.00. The van der Waals surface area contributed by atoms with E-state index in [1.165, 1.54) is 0 Å². The summed E-state index contributed by atoms with van der Waals surface area (Å²) in [5.74, 6) is -0.0368. The Bertz CT molecular complexity index is 856. The van der Waals surface area contributed by atoms with Gasteiger partial charge in [-0.15, -0.1) is 11.6 Å². The Kier molecular flexibility index (Phi) is 3.05. The fourth-order valence-corrected chi connectivity index (χ4v) is 4.12. The molecule has 0 saturated heterocycles. The minimum atomic E-state index is -0.0396. The molecule has 0 N–H and O–H groups in total. The molecule has 1 aliphatic heterocycles. The van der Waals surface area contributed by atoms with Crippen LogP contribution in [0.1, 0.15) is 29.3 Å². The summed E-state index contributed by atoms with van der Waals surface area (Å²) >= 11 is 5.74. The second-order valence-corrected chi connectivity index (χ2v) is 6.41. The number of hydrogen-bond acceptors (Lipinski definition) is 2. The van der Waals surface area contributed by atoms with Gasteiger partial charge in [-0.3, -0.25) is 9.59 Å². The number of halogens is 1. The highest BCUT2D eigenvalue weighted by Gasteiger charge is 2.38. The Morgan fingerprint density at radius 3 is 2.95 bits per heavy atom. The van der Waals surface area contributed by atoms with E-state index in [0.29, 0.717) is 6.54 Å². The van der Waals surface area contributed by atoms with Crippen molar-refractivity contribution >= 4 is 28.4 Å². The molecular formula is C17H17ClN2O2. The Labute approximate surface area is 133 Å². The minimum absolute atomic E-state index is 0.00282. The molecule has 0 unspecified atom stereocenters. The molecule has 1 aromatic carbocycles. The summed E-state index contributed by atoms with van der Waals surface area (Å²) in [6, 6.07) is 6.05. The first kappa shape index (κ1) is 13.8. The molecule has 5 heteroatoms. The van der Waals surface area contributed by atoms with Crippen LogP contribution in [-0.2, 0) is 17.8 Å². The average molecular weight is 317 g/mol. The largest absolute Gasteiger partial charge is 0.340 e. The zero-order valence-corrected chi connectivity index (χ0v) is 13.2. The smallest absolute Gasteiger partial charge is 0.238 e. The van der Waals surface area contributed by atoms with Gasteiger partial charge in [0, 0.05) is 29.7 Å². The van der Waals surface area contributed by atoms with Crippen LogP contribution in [0.5, 0.6) is 0 Å². The Morgan fingerprint density at radius 1 is 1.36 bits per heavy atom. The van der Waals surface area contributed by atoms with Crippen LogP contribution in [0.25, 0.3) is 10.9 Å². The summed E-state index contributed by atoms with van der Waals surface area (Å²) in [5, 5.41) is 0.802. The summed E-state index contributed by atoms with van der Waals surface area (Å²) in [4.78, 5) is 26.7. The molecule has 0 spiro atoms. The first-order chi connectivity index (χ1) is 10.6. The summed E-state index contributed by atoms with van der Waals surface area (Å²) < 4.78 is 2.24. The maximum Gasteiger partial charge on any atom is 0.238 e. The van der Waals surface area contributed by atoms with E-state index in [-0.39, 0.29) is 23.3 Å². The zero-order valence-electron chi connectivity index (χ0n) is 12.4. The van der Waals surface area contributed by atoms with Crippen molar-refractivity contribution in [2.75, 3.05) is 12.4 Å². The van der Waals surface area contributed by atoms with Crippen LogP contribution in [0, 0.1) is 6.92 Å². The lowest BCUT2D eigenvalue weighted by molar-refractivity contribution is -0.131. The van der Waals surface area contributed by atoms with Crippen molar-refractivity contribution in [3.05, 3.63) is 45.2 Å². The van der Waals surface area contributed by atoms with E-state index in [1.54, 1.807) is 0 Å². The SMILES string of the molecule is Cc1ccc2c(c1)c(=O)c1c3n2CCN(C(=O)CCl)[C@@H]3CC1. The predicted octanol–water partition coefficient (Wildman–Crippen LogP) is 2.38. The fraction of sp³-hybridized carbons (Fsp3) is 0.412. The second-order valence-electron chi connectivity index (χ2n) is 6.14. The molecule has 4 nitrogen and oxygen atoms in total. The Morgan fingerprint density at radius 2 is 2.18 bits per heavy atom. The van der Waals surface area contributed by atoms with Crippen molar-refractivity contribution < 1.29 is 4.79 Å². The van der Waals surface area contributed by atoms with Crippen molar-refractivity contribution in [1.82, 2.24) is 9.47 Å². The van der Waals surface area contributed by atoms with Crippen molar-refractivity contribution in [3.63, 3.8) is 0 Å². The van der Waals surface area contributed by atoms with E-state index in [1.807, 2.05) is 30.0 Å². The van der Waals surface area contributed by atoms with Gasteiger partial charge in [-0.25, -0.2) is 0 Å². The van der Waals surface area contributed by atoms with Crippen LogP contribution in [0.2, 0.25) is 0 Å². The van der Waals surface area contributed by atoms with Crippen LogP contribution < -0.4 is 5.43 Å². The van der Waals surface area contributed by atoms with Gasteiger partial charge in [0.1, 0.15) is 5.88 Å². The third-order valence-corrected chi connectivity index (χ3v) is 5.15. The van der Waals surface area contributed by atoms with Gasteiger partial charge in [-0.2, -0.15) is 0 Å². The van der Waals surface area contributed by atoms with E-state index in [9.17, 15) is 9.59 Å². The molecule has 22 heavy (non-hydrogen) atoms. The number of aryl methyl sites for hydroxylation is 1. The number of fused-ring (bicyclic) bond motifs is 2. The van der Waals surface area contributed by atoms with Crippen LogP contribution in [0.4, 0.5) is 0 Å². The number of carbonyl (C=O) groups excluding carboxylic acids is 1. The lowest BCUT2D eigenvalue weighted by atomic mass is 10.0.